The standard InChI is InChI=1S/C14H26N4O3/c1-10-7-17(8-11(2)21-10)9-13(19)18-5-3-12(4-6-18)14(20)16-15/h10-12H,3-9,15H2,1-2H3,(H,16,20). The van der Waals surface area contributed by atoms with Crippen LogP contribution in [-0.2, 0) is 14.3 Å². The van der Waals surface area contributed by atoms with Gasteiger partial charge in [-0.15, -0.1) is 0 Å². The van der Waals surface area contributed by atoms with Gasteiger partial charge in [-0.25, -0.2) is 5.84 Å². The number of rotatable bonds is 3. The summed E-state index contributed by atoms with van der Waals surface area (Å²) in [6.07, 6.45) is 1.70. The van der Waals surface area contributed by atoms with Gasteiger partial charge in [-0.1, -0.05) is 0 Å². The van der Waals surface area contributed by atoms with Gasteiger partial charge in [0, 0.05) is 32.1 Å². The van der Waals surface area contributed by atoms with Crippen molar-refractivity contribution >= 4 is 11.8 Å². The molecule has 0 aromatic carbocycles. The van der Waals surface area contributed by atoms with Gasteiger partial charge in [-0.3, -0.25) is 19.9 Å². The number of hydrogen-bond donors (Lipinski definition) is 2. The SMILES string of the molecule is CC1CN(CC(=O)N2CCC(C(=O)NN)CC2)CC(C)O1. The molecule has 120 valence electrons. The molecule has 2 aliphatic heterocycles. The minimum atomic E-state index is -0.127. The van der Waals surface area contributed by atoms with Gasteiger partial charge < -0.3 is 9.64 Å². The van der Waals surface area contributed by atoms with Crippen LogP contribution in [0.3, 0.4) is 0 Å². The number of hydrogen-bond acceptors (Lipinski definition) is 5. The number of likely N-dealkylation sites (tertiary alicyclic amines) is 1. The Morgan fingerprint density at radius 1 is 1.19 bits per heavy atom. The summed E-state index contributed by atoms with van der Waals surface area (Å²) in [6, 6.07) is 0. The number of nitrogens with one attached hydrogen (secondary N) is 1. The van der Waals surface area contributed by atoms with E-state index in [1.807, 2.05) is 18.7 Å². The first-order valence-corrected chi connectivity index (χ1v) is 7.65. The maximum absolute atomic E-state index is 12.3. The Kier molecular flexibility index (Phi) is 5.55. The van der Waals surface area contributed by atoms with Gasteiger partial charge in [0.15, 0.2) is 0 Å². The summed E-state index contributed by atoms with van der Waals surface area (Å²) in [5, 5.41) is 0. The third-order valence-electron chi connectivity index (χ3n) is 4.21. The van der Waals surface area contributed by atoms with E-state index in [0.29, 0.717) is 32.5 Å². The van der Waals surface area contributed by atoms with Crippen LogP contribution in [0.15, 0.2) is 0 Å². The zero-order valence-corrected chi connectivity index (χ0v) is 12.9. The summed E-state index contributed by atoms with van der Waals surface area (Å²) in [5.74, 6) is 5.10. The summed E-state index contributed by atoms with van der Waals surface area (Å²) in [4.78, 5) is 27.8. The number of carbonyl (C=O) groups is 2. The Morgan fingerprint density at radius 3 is 2.29 bits per heavy atom. The number of piperidine rings is 1. The molecular formula is C14H26N4O3. The molecule has 2 atom stereocenters. The third kappa shape index (κ3) is 4.39. The molecule has 7 heteroatoms. The van der Waals surface area contributed by atoms with E-state index in [0.717, 1.165) is 13.1 Å². The van der Waals surface area contributed by atoms with Gasteiger partial charge in [0.05, 0.1) is 18.8 Å². The predicted molar refractivity (Wildman–Crippen MR) is 78.1 cm³/mol. The molecule has 0 saturated carbocycles. The summed E-state index contributed by atoms with van der Waals surface area (Å²) < 4.78 is 5.67. The second-order valence-corrected chi connectivity index (χ2v) is 6.12. The minimum Gasteiger partial charge on any atom is -0.373 e. The number of amides is 2. The van der Waals surface area contributed by atoms with Crippen LogP contribution >= 0.6 is 0 Å². The first-order valence-electron chi connectivity index (χ1n) is 7.65. The Labute approximate surface area is 125 Å². The van der Waals surface area contributed by atoms with Gasteiger partial charge in [0.1, 0.15) is 0 Å². The zero-order chi connectivity index (χ0) is 15.4. The smallest absolute Gasteiger partial charge is 0.237 e. The molecule has 2 heterocycles. The Balaban J connectivity index is 1.78. The van der Waals surface area contributed by atoms with Crippen LogP contribution in [0, 0.1) is 5.92 Å². The van der Waals surface area contributed by atoms with E-state index in [9.17, 15) is 9.59 Å². The second-order valence-electron chi connectivity index (χ2n) is 6.12. The molecule has 0 radical (unpaired) electrons. The fourth-order valence-corrected chi connectivity index (χ4v) is 3.21. The normalized spacial score (nSPS) is 28.4. The lowest BCUT2D eigenvalue weighted by molar-refractivity contribution is -0.139. The van der Waals surface area contributed by atoms with E-state index in [1.54, 1.807) is 0 Å². The van der Waals surface area contributed by atoms with Crippen LogP contribution < -0.4 is 11.3 Å². The number of hydrazine groups is 1. The maximum Gasteiger partial charge on any atom is 0.237 e. The lowest BCUT2D eigenvalue weighted by Gasteiger charge is -2.37. The molecule has 0 bridgehead atoms. The highest BCUT2D eigenvalue weighted by Gasteiger charge is 2.29. The first kappa shape index (κ1) is 16.2. The van der Waals surface area contributed by atoms with Gasteiger partial charge in [-0.05, 0) is 26.7 Å². The van der Waals surface area contributed by atoms with Gasteiger partial charge >= 0.3 is 0 Å². The number of nitrogens with zero attached hydrogens (tertiary/aromatic N) is 2. The van der Waals surface area contributed by atoms with Crippen molar-refractivity contribution < 1.29 is 14.3 Å². The van der Waals surface area contributed by atoms with E-state index in [2.05, 4.69) is 10.3 Å². The average molecular weight is 298 g/mol. The van der Waals surface area contributed by atoms with E-state index in [-0.39, 0.29) is 29.9 Å². The number of carbonyl (C=O) groups excluding carboxylic acids is 2. The Hall–Kier alpha value is -1.18. The molecule has 2 aliphatic rings. The molecule has 2 rings (SSSR count). The summed E-state index contributed by atoms with van der Waals surface area (Å²) in [6.45, 7) is 7.35. The quantitative estimate of drug-likeness (QED) is 0.410. The molecule has 7 nitrogen and oxygen atoms in total. The van der Waals surface area contributed by atoms with Crippen molar-refractivity contribution in [3.63, 3.8) is 0 Å². The van der Waals surface area contributed by atoms with Crippen molar-refractivity contribution in [3.05, 3.63) is 0 Å². The van der Waals surface area contributed by atoms with Crippen molar-refractivity contribution in [2.75, 3.05) is 32.7 Å². The van der Waals surface area contributed by atoms with Crippen molar-refractivity contribution in [3.8, 4) is 0 Å². The second kappa shape index (κ2) is 7.20. The van der Waals surface area contributed by atoms with Crippen LogP contribution in [-0.4, -0.2) is 66.5 Å². The average Bonchev–Trinajstić information content (AvgIpc) is 2.45. The Morgan fingerprint density at radius 2 is 1.76 bits per heavy atom. The van der Waals surface area contributed by atoms with Crippen molar-refractivity contribution in [2.45, 2.75) is 38.9 Å². The van der Waals surface area contributed by atoms with Gasteiger partial charge in [0.25, 0.3) is 0 Å². The van der Waals surface area contributed by atoms with Gasteiger partial charge in [-0.2, -0.15) is 0 Å². The van der Waals surface area contributed by atoms with E-state index in [1.165, 1.54) is 0 Å². The maximum atomic E-state index is 12.3. The molecule has 21 heavy (non-hydrogen) atoms. The predicted octanol–water partition coefficient (Wildman–Crippen LogP) is -0.676. The third-order valence-corrected chi connectivity index (χ3v) is 4.21. The fourth-order valence-electron chi connectivity index (χ4n) is 3.21. The monoisotopic (exact) mass is 298 g/mol. The summed E-state index contributed by atoms with van der Waals surface area (Å²) in [7, 11) is 0. The molecule has 2 amide bonds. The van der Waals surface area contributed by atoms with Crippen LogP contribution in [0.5, 0.6) is 0 Å². The van der Waals surface area contributed by atoms with Gasteiger partial charge in [0.2, 0.25) is 11.8 Å². The molecule has 2 fully saturated rings. The van der Waals surface area contributed by atoms with Crippen LogP contribution in [0.2, 0.25) is 0 Å². The number of nitrogens with two attached hydrogens (primary N) is 1. The van der Waals surface area contributed by atoms with E-state index in [4.69, 9.17) is 10.6 Å². The highest BCUT2D eigenvalue weighted by atomic mass is 16.5. The first-order chi connectivity index (χ1) is 9.99. The minimum absolute atomic E-state index is 0.0671. The van der Waals surface area contributed by atoms with Crippen LogP contribution in [0.4, 0.5) is 0 Å². The molecule has 0 aromatic rings. The van der Waals surface area contributed by atoms with Crippen LogP contribution in [0.25, 0.3) is 0 Å². The van der Waals surface area contributed by atoms with E-state index >= 15 is 0 Å². The zero-order valence-electron chi connectivity index (χ0n) is 12.9. The van der Waals surface area contributed by atoms with Crippen molar-refractivity contribution in [1.82, 2.24) is 15.2 Å². The molecule has 2 saturated heterocycles. The molecule has 0 aromatic heterocycles. The fraction of sp³-hybridized carbons (Fsp3) is 0.857. The summed E-state index contributed by atoms with van der Waals surface area (Å²) in [5.41, 5.74) is 2.19. The van der Waals surface area contributed by atoms with E-state index < -0.39 is 0 Å². The lowest BCUT2D eigenvalue weighted by atomic mass is 9.96. The largest absolute Gasteiger partial charge is 0.373 e. The summed E-state index contributed by atoms with van der Waals surface area (Å²) >= 11 is 0. The lowest BCUT2D eigenvalue weighted by Crippen LogP contribution is -2.51. The molecule has 2 unspecified atom stereocenters. The highest BCUT2D eigenvalue weighted by molar-refractivity contribution is 5.80. The molecule has 0 spiro atoms. The Bertz CT molecular complexity index is 372. The highest BCUT2D eigenvalue weighted by Crippen LogP contribution is 2.18. The van der Waals surface area contributed by atoms with Crippen LogP contribution in [0.1, 0.15) is 26.7 Å². The molecule has 3 N–H and O–H groups in total. The topological polar surface area (TPSA) is 87.9 Å². The molecule has 0 aliphatic carbocycles. The number of morpholine rings is 1. The van der Waals surface area contributed by atoms with Crippen molar-refractivity contribution in [1.29, 1.82) is 0 Å². The number of ether oxygens (including phenoxy) is 1. The van der Waals surface area contributed by atoms with Crippen molar-refractivity contribution in [2.24, 2.45) is 11.8 Å². The molecular weight excluding hydrogens is 272 g/mol.